The van der Waals surface area contributed by atoms with E-state index in [4.69, 9.17) is 11.6 Å². The molecule has 6 nitrogen and oxygen atoms in total. The first kappa shape index (κ1) is 16.2. The molecule has 0 fully saturated rings. The highest BCUT2D eigenvalue weighted by molar-refractivity contribution is 9.13. The van der Waals surface area contributed by atoms with E-state index in [0.717, 1.165) is 5.56 Å². The van der Waals surface area contributed by atoms with Crippen LogP contribution in [0.2, 0.25) is 5.02 Å². The summed E-state index contributed by atoms with van der Waals surface area (Å²) < 4.78 is 2.79. The number of nitrogens with zero attached hydrogens (tertiary/aromatic N) is 3. The number of H-pyrrole nitrogens is 1. The third-order valence-corrected chi connectivity index (χ3v) is 5.17. The molecule has 3 aromatic rings. The van der Waals surface area contributed by atoms with Crippen molar-refractivity contribution in [3.05, 3.63) is 61.9 Å². The zero-order chi connectivity index (χ0) is 16.4. The SMILES string of the molecule is O=C(Nc1nn(Cc2ccccc2)cc1Cl)c1n[nH]c(Br)c1Br. The lowest BCUT2D eigenvalue weighted by molar-refractivity contribution is 0.102. The molecule has 0 radical (unpaired) electrons. The Morgan fingerprint density at radius 2 is 2.04 bits per heavy atom. The van der Waals surface area contributed by atoms with Crippen LogP contribution in [-0.2, 0) is 6.54 Å². The summed E-state index contributed by atoms with van der Waals surface area (Å²) in [6, 6.07) is 9.84. The highest BCUT2D eigenvalue weighted by atomic mass is 79.9. The molecule has 0 atom stereocenters. The lowest BCUT2D eigenvalue weighted by Gasteiger charge is -2.02. The van der Waals surface area contributed by atoms with Gasteiger partial charge in [0.2, 0.25) is 0 Å². The third kappa shape index (κ3) is 3.65. The zero-order valence-electron chi connectivity index (χ0n) is 11.6. The Balaban J connectivity index is 1.76. The van der Waals surface area contributed by atoms with Crippen molar-refractivity contribution in [2.24, 2.45) is 0 Å². The summed E-state index contributed by atoms with van der Waals surface area (Å²) in [5, 5.41) is 13.9. The Kier molecular flexibility index (Phi) is 4.84. The molecule has 0 aliphatic carbocycles. The van der Waals surface area contributed by atoms with Gasteiger partial charge in [-0.3, -0.25) is 14.6 Å². The van der Waals surface area contributed by atoms with Crippen molar-refractivity contribution in [3.63, 3.8) is 0 Å². The third-order valence-electron chi connectivity index (χ3n) is 3.02. The molecular formula is C14H10Br2ClN5O. The Morgan fingerprint density at radius 1 is 1.30 bits per heavy atom. The van der Waals surface area contributed by atoms with Gasteiger partial charge in [-0.25, -0.2) is 0 Å². The fourth-order valence-corrected chi connectivity index (χ4v) is 2.79. The summed E-state index contributed by atoms with van der Waals surface area (Å²) in [6.07, 6.45) is 1.67. The van der Waals surface area contributed by atoms with Gasteiger partial charge in [-0.05, 0) is 37.4 Å². The van der Waals surface area contributed by atoms with Crippen LogP contribution in [0, 0.1) is 0 Å². The molecule has 9 heteroatoms. The number of rotatable bonds is 4. The maximum absolute atomic E-state index is 12.2. The number of carbonyl (C=O) groups is 1. The van der Waals surface area contributed by atoms with E-state index in [0.29, 0.717) is 26.5 Å². The van der Waals surface area contributed by atoms with Crippen molar-refractivity contribution < 1.29 is 4.79 Å². The number of hydrogen-bond donors (Lipinski definition) is 2. The molecule has 0 saturated carbocycles. The van der Waals surface area contributed by atoms with Crippen molar-refractivity contribution in [3.8, 4) is 0 Å². The number of aromatic nitrogens is 4. The zero-order valence-corrected chi connectivity index (χ0v) is 15.5. The second-order valence-corrected chi connectivity index (χ2v) is 6.66. The van der Waals surface area contributed by atoms with Gasteiger partial charge >= 0.3 is 0 Å². The second-order valence-electron chi connectivity index (χ2n) is 4.66. The number of amides is 1. The van der Waals surface area contributed by atoms with E-state index in [2.05, 4.69) is 52.5 Å². The maximum Gasteiger partial charge on any atom is 0.278 e. The van der Waals surface area contributed by atoms with Crippen molar-refractivity contribution in [1.29, 1.82) is 0 Å². The van der Waals surface area contributed by atoms with E-state index in [1.807, 2.05) is 30.3 Å². The van der Waals surface area contributed by atoms with Crippen LogP contribution in [-0.4, -0.2) is 25.9 Å². The van der Waals surface area contributed by atoms with Crippen LogP contribution in [0.15, 0.2) is 45.6 Å². The van der Waals surface area contributed by atoms with Gasteiger partial charge in [0.25, 0.3) is 5.91 Å². The van der Waals surface area contributed by atoms with Gasteiger partial charge in [0.05, 0.1) is 11.0 Å². The molecule has 118 valence electrons. The van der Waals surface area contributed by atoms with E-state index < -0.39 is 5.91 Å². The molecule has 0 aliphatic rings. The summed E-state index contributed by atoms with van der Waals surface area (Å²) in [7, 11) is 0. The van der Waals surface area contributed by atoms with Crippen LogP contribution in [0.5, 0.6) is 0 Å². The quantitative estimate of drug-likeness (QED) is 0.617. The molecule has 0 unspecified atom stereocenters. The first-order valence-electron chi connectivity index (χ1n) is 6.52. The number of halogens is 3. The van der Waals surface area contributed by atoms with E-state index in [9.17, 15) is 4.79 Å². The smallest absolute Gasteiger partial charge is 0.278 e. The van der Waals surface area contributed by atoms with E-state index in [1.165, 1.54) is 0 Å². The van der Waals surface area contributed by atoms with Gasteiger partial charge in [0.15, 0.2) is 11.5 Å². The van der Waals surface area contributed by atoms with Crippen molar-refractivity contribution in [2.45, 2.75) is 6.54 Å². The number of carbonyl (C=O) groups excluding carboxylic acids is 1. The highest BCUT2D eigenvalue weighted by Gasteiger charge is 2.19. The van der Waals surface area contributed by atoms with E-state index >= 15 is 0 Å². The van der Waals surface area contributed by atoms with E-state index in [-0.39, 0.29) is 5.69 Å². The topological polar surface area (TPSA) is 75.6 Å². The number of nitrogens with one attached hydrogen (secondary N) is 2. The number of benzene rings is 1. The molecule has 1 amide bonds. The second kappa shape index (κ2) is 6.86. The summed E-state index contributed by atoms with van der Waals surface area (Å²) in [4.78, 5) is 12.2. The molecule has 2 heterocycles. The van der Waals surface area contributed by atoms with Crippen LogP contribution < -0.4 is 5.32 Å². The van der Waals surface area contributed by atoms with Crippen LogP contribution in [0.4, 0.5) is 5.82 Å². The molecular weight excluding hydrogens is 449 g/mol. The fraction of sp³-hybridized carbons (Fsp3) is 0.0714. The average Bonchev–Trinajstić information content (AvgIpc) is 3.04. The summed E-state index contributed by atoms with van der Waals surface area (Å²) in [5.74, 6) is -0.121. The van der Waals surface area contributed by atoms with Gasteiger partial charge < -0.3 is 5.32 Å². The Bertz CT molecular complexity index is 846. The van der Waals surface area contributed by atoms with Crippen LogP contribution in [0.1, 0.15) is 16.1 Å². The molecule has 0 saturated heterocycles. The lowest BCUT2D eigenvalue weighted by Crippen LogP contribution is -2.14. The van der Waals surface area contributed by atoms with Gasteiger partial charge in [-0.1, -0.05) is 41.9 Å². The predicted octanol–water partition coefficient (Wildman–Crippen LogP) is 4.09. The number of hydrogen-bond acceptors (Lipinski definition) is 3. The summed E-state index contributed by atoms with van der Waals surface area (Å²) in [5.41, 5.74) is 1.30. The molecule has 3 rings (SSSR count). The van der Waals surface area contributed by atoms with E-state index in [1.54, 1.807) is 10.9 Å². The Hall–Kier alpha value is -1.64. The first-order chi connectivity index (χ1) is 11.0. The van der Waals surface area contributed by atoms with Gasteiger partial charge in [-0.15, -0.1) is 0 Å². The fourth-order valence-electron chi connectivity index (χ4n) is 1.96. The van der Waals surface area contributed by atoms with Crippen molar-refractivity contribution in [1.82, 2.24) is 20.0 Å². The van der Waals surface area contributed by atoms with Gasteiger partial charge in [0, 0.05) is 6.20 Å². The monoisotopic (exact) mass is 457 g/mol. The van der Waals surface area contributed by atoms with Crippen LogP contribution in [0.25, 0.3) is 0 Å². The minimum absolute atomic E-state index is 0.213. The molecule has 0 bridgehead atoms. The standard InChI is InChI=1S/C14H10Br2ClN5O/c15-10-11(19-20-12(10)16)14(23)18-13-9(17)7-22(21-13)6-8-4-2-1-3-5-8/h1-5,7H,6H2,(H,19,20)(H,18,21,23). The molecule has 23 heavy (non-hydrogen) atoms. The Morgan fingerprint density at radius 3 is 2.70 bits per heavy atom. The molecule has 2 N–H and O–H groups in total. The maximum atomic E-state index is 12.2. The Labute approximate surface area is 153 Å². The minimum atomic E-state index is -0.411. The molecule has 0 aliphatic heterocycles. The summed E-state index contributed by atoms with van der Waals surface area (Å²) >= 11 is 12.6. The summed E-state index contributed by atoms with van der Waals surface area (Å²) in [6.45, 7) is 0.564. The normalized spacial score (nSPS) is 10.7. The van der Waals surface area contributed by atoms with Crippen LogP contribution >= 0.6 is 43.5 Å². The van der Waals surface area contributed by atoms with Gasteiger partial charge in [-0.2, -0.15) is 10.2 Å². The number of aromatic amines is 1. The molecule has 1 aromatic carbocycles. The first-order valence-corrected chi connectivity index (χ1v) is 8.48. The molecule has 2 aromatic heterocycles. The lowest BCUT2D eigenvalue weighted by atomic mass is 10.2. The van der Waals surface area contributed by atoms with Crippen molar-refractivity contribution >= 4 is 55.2 Å². The highest BCUT2D eigenvalue weighted by Crippen LogP contribution is 2.26. The van der Waals surface area contributed by atoms with Gasteiger partial charge in [0.1, 0.15) is 9.63 Å². The predicted molar refractivity (Wildman–Crippen MR) is 94.7 cm³/mol. The van der Waals surface area contributed by atoms with Crippen molar-refractivity contribution in [2.75, 3.05) is 5.32 Å². The minimum Gasteiger partial charge on any atom is -0.302 e. The largest absolute Gasteiger partial charge is 0.302 e. The number of anilines is 1. The molecule has 0 spiro atoms. The average molecular weight is 460 g/mol. The van der Waals surface area contributed by atoms with Crippen LogP contribution in [0.3, 0.4) is 0 Å².